The molecule has 0 aliphatic rings. The van der Waals surface area contributed by atoms with E-state index in [2.05, 4.69) is 4.85 Å². The van der Waals surface area contributed by atoms with Gasteiger partial charge in [0, 0.05) is 17.0 Å². The van der Waals surface area contributed by atoms with E-state index in [-0.39, 0.29) is 11.7 Å². The van der Waals surface area contributed by atoms with Crippen LogP contribution < -0.4 is 0 Å². The zero-order valence-electron chi connectivity index (χ0n) is 8.61. The minimum atomic E-state index is -0.127. The van der Waals surface area contributed by atoms with Crippen molar-refractivity contribution < 1.29 is 4.79 Å². The normalized spacial score (nSPS) is 9.40. The summed E-state index contributed by atoms with van der Waals surface area (Å²) in [5, 5.41) is 8.74. The molecule has 0 spiro atoms. The van der Waals surface area contributed by atoms with Crippen molar-refractivity contribution >= 4 is 11.5 Å². The van der Waals surface area contributed by atoms with Gasteiger partial charge in [0.25, 0.3) is 0 Å². The molecule has 1 aromatic rings. The van der Waals surface area contributed by atoms with Gasteiger partial charge in [-0.25, -0.2) is 4.85 Å². The van der Waals surface area contributed by atoms with Crippen LogP contribution in [-0.2, 0) is 0 Å². The van der Waals surface area contributed by atoms with Crippen LogP contribution in [0.1, 0.15) is 29.8 Å². The van der Waals surface area contributed by atoms with Crippen LogP contribution in [0.4, 0.5) is 5.69 Å². The fourth-order valence-electron chi connectivity index (χ4n) is 1.22. The Morgan fingerprint density at radius 3 is 2.60 bits per heavy atom. The third-order valence-electron chi connectivity index (χ3n) is 1.98. The lowest BCUT2D eigenvalue weighted by Crippen LogP contribution is -2.07. The summed E-state index contributed by atoms with van der Waals surface area (Å²) < 4.78 is 0. The SMILES string of the molecule is [C-]#[N+]c1cc(C#N)cc(C(=O)C(C)C)c1. The highest BCUT2D eigenvalue weighted by atomic mass is 16.1. The topological polar surface area (TPSA) is 45.2 Å². The monoisotopic (exact) mass is 198 g/mol. The quantitative estimate of drug-likeness (QED) is 0.541. The van der Waals surface area contributed by atoms with E-state index >= 15 is 0 Å². The molecular formula is C12H10N2O. The molecule has 0 unspecified atom stereocenters. The molecule has 0 aromatic heterocycles. The van der Waals surface area contributed by atoms with E-state index in [1.807, 2.05) is 6.07 Å². The predicted molar refractivity (Wildman–Crippen MR) is 56.6 cm³/mol. The van der Waals surface area contributed by atoms with Gasteiger partial charge in [-0.1, -0.05) is 13.8 Å². The number of nitrogens with zero attached hydrogens (tertiary/aromatic N) is 2. The largest absolute Gasteiger partial charge is 0.294 e. The van der Waals surface area contributed by atoms with Crippen LogP contribution >= 0.6 is 0 Å². The molecule has 0 saturated heterocycles. The van der Waals surface area contributed by atoms with Gasteiger partial charge in [0.15, 0.2) is 11.5 Å². The molecule has 0 aliphatic heterocycles. The molecule has 0 heterocycles. The summed E-state index contributed by atoms with van der Waals surface area (Å²) in [5.41, 5.74) is 1.13. The van der Waals surface area contributed by atoms with Crippen molar-refractivity contribution in [3.05, 3.63) is 40.7 Å². The first kappa shape index (κ1) is 10.9. The molecule has 1 rings (SSSR count). The lowest BCUT2D eigenvalue weighted by molar-refractivity contribution is 0.0939. The molecule has 1 aromatic carbocycles. The first-order valence-corrected chi connectivity index (χ1v) is 4.55. The smallest absolute Gasteiger partial charge is 0.189 e. The maximum atomic E-state index is 11.7. The highest BCUT2D eigenvalue weighted by molar-refractivity contribution is 5.98. The summed E-state index contributed by atoms with van der Waals surface area (Å²) in [6.45, 7) is 10.4. The second kappa shape index (κ2) is 4.39. The van der Waals surface area contributed by atoms with E-state index in [0.29, 0.717) is 16.8 Å². The molecule has 3 heteroatoms. The Morgan fingerprint density at radius 1 is 1.47 bits per heavy atom. The number of hydrogen-bond donors (Lipinski definition) is 0. The number of ketones is 1. The van der Waals surface area contributed by atoms with Crippen LogP contribution in [0.15, 0.2) is 18.2 Å². The van der Waals surface area contributed by atoms with Crippen LogP contribution in [0.5, 0.6) is 0 Å². The highest BCUT2D eigenvalue weighted by Gasteiger charge is 2.12. The molecule has 74 valence electrons. The molecule has 15 heavy (non-hydrogen) atoms. The van der Waals surface area contributed by atoms with Gasteiger partial charge in [-0.3, -0.25) is 4.79 Å². The van der Waals surface area contributed by atoms with Gasteiger partial charge in [0.2, 0.25) is 0 Å². The number of benzene rings is 1. The molecule has 0 aliphatic carbocycles. The molecule has 3 nitrogen and oxygen atoms in total. The lowest BCUT2D eigenvalue weighted by Gasteiger charge is -2.04. The van der Waals surface area contributed by atoms with Crippen molar-refractivity contribution in [2.45, 2.75) is 13.8 Å². The minimum Gasteiger partial charge on any atom is -0.294 e. The Labute approximate surface area is 88.8 Å². The van der Waals surface area contributed by atoms with Crippen LogP contribution in [-0.4, -0.2) is 5.78 Å². The summed E-state index contributed by atoms with van der Waals surface area (Å²) in [4.78, 5) is 14.9. The van der Waals surface area contributed by atoms with E-state index in [9.17, 15) is 4.79 Å². The number of hydrogen-bond acceptors (Lipinski definition) is 2. The van der Waals surface area contributed by atoms with Gasteiger partial charge in [-0.15, -0.1) is 0 Å². The predicted octanol–water partition coefficient (Wildman–Crippen LogP) is 2.95. The van der Waals surface area contributed by atoms with Crippen LogP contribution in [0.3, 0.4) is 0 Å². The van der Waals surface area contributed by atoms with Crippen LogP contribution in [0.2, 0.25) is 0 Å². The van der Waals surface area contributed by atoms with E-state index in [4.69, 9.17) is 11.8 Å². The summed E-state index contributed by atoms with van der Waals surface area (Å²) >= 11 is 0. The Bertz CT molecular complexity index is 443. The van der Waals surface area contributed by atoms with Crippen LogP contribution in [0, 0.1) is 23.8 Å². The maximum absolute atomic E-state index is 11.7. The van der Waals surface area contributed by atoms with E-state index in [1.165, 1.54) is 18.2 Å². The molecule has 0 saturated carbocycles. The van der Waals surface area contributed by atoms with Gasteiger partial charge in [-0.2, -0.15) is 5.26 Å². The molecule has 0 atom stereocenters. The maximum Gasteiger partial charge on any atom is 0.189 e. The lowest BCUT2D eigenvalue weighted by atomic mass is 9.99. The van der Waals surface area contributed by atoms with Gasteiger partial charge in [0.05, 0.1) is 12.6 Å². The zero-order valence-corrected chi connectivity index (χ0v) is 8.61. The third-order valence-corrected chi connectivity index (χ3v) is 1.98. The zero-order chi connectivity index (χ0) is 11.4. The molecule has 0 amide bonds. The summed E-state index contributed by atoms with van der Waals surface area (Å²) in [7, 11) is 0. The number of carbonyl (C=O) groups is 1. The first-order chi connectivity index (χ1) is 7.08. The first-order valence-electron chi connectivity index (χ1n) is 4.55. The molecule has 0 radical (unpaired) electrons. The fourth-order valence-corrected chi connectivity index (χ4v) is 1.22. The van der Waals surface area contributed by atoms with E-state index in [1.54, 1.807) is 13.8 Å². The third kappa shape index (κ3) is 2.42. The number of Topliss-reactive ketones (excluding diaryl/α,β-unsaturated/α-hetero) is 1. The Hall–Kier alpha value is -2.13. The van der Waals surface area contributed by atoms with Gasteiger partial charge in [0.1, 0.15) is 0 Å². The average molecular weight is 198 g/mol. The van der Waals surface area contributed by atoms with Crippen molar-refractivity contribution in [1.29, 1.82) is 5.26 Å². The van der Waals surface area contributed by atoms with Crippen LogP contribution in [0.25, 0.3) is 4.85 Å². The standard InChI is InChI=1S/C12H10N2O/c1-8(2)12(15)10-4-9(7-13)5-11(6-10)14-3/h4-6,8H,1-2H3. The molecule has 0 bridgehead atoms. The van der Waals surface area contributed by atoms with Gasteiger partial charge >= 0.3 is 0 Å². The van der Waals surface area contributed by atoms with Crippen molar-refractivity contribution in [1.82, 2.24) is 0 Å². The van der Waals surface area contributed by atoms with E-state index < -0.39 is 0 Å². The second-order valence-corrected chi connectivity index (χ2v) is 3.51. The number of rotatable bonds is 2. The van der Waals surface area contributed by atoms with Gasteiger partial charge in [-0.05, 0) is 18.2 Å². The number of nitriles is 1. The minimum absolute atomic E-state index is 0.0444. The van der Waals surface area contributed by atoms with E-state index in [0.717, 1.165) is 0 Å². The Kier molecular flexibility index (Phi) is 3.21. The van der Waals surface area contributed by atoms with Crippen molar-refractivity contribution in [2.75, 3.05) is 0 Å². The van der Waals surface area contributed by atoms with Crippen molar-refractivity contribution in [3.63, 3.8) is 0 Å². The second-order valence-electron chi connectivity index (χ2n) is 3.51. The summed E-state index contributed by atoms with van der Waals surface area (Å²) in [6, 6.07) is 6.47. The van der Waals surface area contributed by atoms with Gasteiger partial charge < -0.3 is 0 Å². The highest BCUT2D eigenvalue weighted by Crippen LogP contribution is 2.19. The Morgan fingerprint density at radius 2 is 2.13 bits per heavy atom. The van der Waals surface area contributed by atoms with Crippen molar-refractivity contribution in [3.8, 4) is 6.07 Å². The molecule has 0 fully saturated rings. The average Bonchev–Trinajstić information content (AvgIpc) is 2.27. The number of carbonyl (C=O) groups excluding carboxylic acids is 1. The fraction of sp³-hybridized carbons (Fsp3) is 0.250. The molecule has 0 N–H and O–H groups in total. The van der Waals surface area contributed by atoms with Crippen molar-refractivity contribution in [2.24, 2.45) is 5.92 Å². The summed E-state index contributed by atoms with van der Waals surface area (Å²) in [5.74, 6) is -0.172. The molecular weight excluding hydrogens is 188 g/mol. The Balaban J connectivity index is 3.27. The summed E-state index contributed by atoms with van der Waals surface area (Å²) in [6.07, 6.45) is 0.